The van der Waals surface area contributed by atoms with Gasteiger partial charge in [0.2, 0.25) is 0 Å². The third-order valence-electron chi connectivity index (χ3n) is 3.11. The van der Waals surface area contributed by atoms with Crippen LogP contribution in [-0.2, 0) is 16.0 Å². The molecule has 19 heavy (non-hydrogen) atoms. The molecule has 0 radical (unpaired) electrons. The SMILES string of the molecule is Cc1cc(NC(=O)[C@H]2OCCc3ccccc32)no1. The molecule has 1 aliphatic heterocycles. The van der Waals surface area contributed by atoms with Gasteiger partial charge in [0.05, 0.1) is 6.61 Å². The molecule has 1 aromatic carbocycles. The highest BCUT2D eigenvalue weighted by atomic mass is 16.5. The number of anilines is 1. The van der Waals surface area contributed by atoms with Gasteiger partial charge in [0.1, 0.15) is 5.76 Å². The molecule has 1 atom stereocenters. The molecular weight excluding hydrogens is 244 g/mol. The Balaban J connectivity index is 1.81. The molecule has 0 bridgehead atoms. The molecule has 0 saturated heterocycles. The molecule has 0 aliphatic carbocycles. The first kappa shape index (κ1) is 11.9. The van der Waals surface area contributed by atoms with Crippen LogP contribution in [0.15, 0.2) is 34.9 Å². The molecule has 3 rings (SSSR count). The molecule has 0 saturated carbocycles. The zero-order valence-electron chi connectivity index (χ0n) is 10.6. The molecule has 5 nitrogen and oxygen atoms in total. The van der Waals surface area contributed by atoms with Crippen molar-refractivity contribution in [1.82, 2.24) is 5.16 Å². The van der Waals surface area contributed by atoms with Gasteiger partial charge in [-0.1, -0.05) is 29.4 Å². The van der Waals surface area contributed by atoms with E-state index in [1.54, 1.807) is 13.0 Å². The third kappa shape index (κ3) is 2.37. The number of benzene rings is 1. The molecule has 1 aromatic heterocycles. The van der Waals surface area contributed by atoms with Crippen molar-refractivity contribution in [1.29, 1.82) is 0 Å². The predicted molar refractivity (Wildman–Crippen MR) is 68.7 cm³/mol. The number of fused-ring (bicyclic) bond motifs is 1. The van der Waals surface area contributed by atoms with Crippen LogP contribution in [0, 0.1) is 6.92 Å². The fraction of sp³-hybridized carbons (Fsp3) is 0.286. The molecular formula is C14H14N2O3. The van der Waals surface area contributed by atoms with E-state index in [0.29, 0.717) is 18.2 Å². The number of aromatic nitrogens is 1. The number of nitrogens with zero attached hydrogens (tertiary/aromatic N) is 1. The van der Waals surface area contributed by atoms with E-state index in [-0.39, 0.29) is 5.91 Å². The van der Waals surface area contributed by atoms with E-state index in [4.69, 9.17) is 9.26 Å². The van der Waals surface area contributed by atoms with Crippen LogP contribution in [0.3, 0.4) is 0 Å². The molecule has 0 fully saturated rings. The summed E-state index contributed by atoms with van der Waals surface area (Å²) in [7, 11) is 0. The van der Waals surface area contributed by atoms with E-state index in [9.17, 15) is 4.79 Å². The molecule has 1 N–H and O–H groups in total. The van der Waals surface area contributed by atoms with Gasteiger partial charge in [-0.05, 0) is 24.5 Å². The van der Waals surface area contributed by atoms with Crippen molar-refractivity contribution < 1.29 is 14.1 Å². The maximum Gasteiger partial charge on any atom is 0.259 e. The van der Waals surface area contributed by atoms with Crippen LogP contribution in [0.2, 0.25) is 0 Å². The lowest BCUT2D eigenvalue weighted by atomic mass is 9.97. The summed E-state index contributed by atoms with van der Waals surface area (Å²) in [4.78, 5) is 12.2. The lowest BCUT2D eigenvalue weighted by molar-refractivity contribution is -0.128. The van der Waals surface area contributed by atoms with Gasteiger partial charge in [-0.3, -0.25) is 4.79 Å². The molecule has 5 heteroatoms. The van der Waals surface area contributed by atoms with Crippen LogP contribution in [-0.4, -0.2) is 17.7 Å². The number of rotatable bonds is 2. The molecule has 1 amide bonds. The number of aryl methyl sites for hydroxylation is 1. The second-order valence-corrected chi connectivity index (χ2v) is 4.51. The zero-order chi connectivity index (χ0) is 13.2. The van der Waals surface area contributed by atoms with Crippen molar-refractivity contribution in [3.63, 3.8) is 0 Å². The van der Waals surface area contributed by atoms with E-state index in [2.05, 4.69) is 10.5 Å². The van der Waals surface area contributed by atoms with E-state index in [1.165, 1.54) is 0 Å². The highest BCUT2D eigenvalue weighted by molar-refractivity contribution is 5.94. The first-order valence-electron chi connectivity index (χ1n) is 6.17. The Morgan fingerprint density at radius 2 is 2.26 bits per heavy atom. The van der Waals surface area contributed by atoms with E-state index < -0.39 is 6.10 Å². The Morgan fingerprint density at radius 1 is 1.42 bits per heavy atom. The summed E-state index contributed by atoms with van der Waals surface area (Å²) in [6, 6.07) is 9.51. The minimum absolute atomic E-state index is 0.222. The molecule has 98 valence electrons. The third-order valence-corrected chi connectivity index (χ3v) is 3.11. The lowest BCUT2D eigenvalue weighted by Crippen LogP contribution is -2.28. The average Bonchev–Trinajstić information content (AvgIpc) is 2.83. The van der Waals surface area contributed by atoms with Gasteiger partial charge in [-0.25, -0.2) is 0 Å². The maximum absolute atomic E-state index is 12.2. The summed E-state index contributed by atoms with van der Waals surface area (Å²) in [5, 5.41) is 6.45. The molecule has 1 aliphatic rings. The Labute approximate surface area is 110 Å². The minimum Gasteiger partial charge on any atom is -0.363 e. The van der Waals surface area contributed by atoms with Crippen molar-refractivity contribution in [3.05, 3.63) is 47.2 Å². The number of amides is 1. The standard InChI is InChI=1S/C14H14N2O3/c1-9-8-12(16-19-9)15-14(17)13-11-5-3-2-4-10(11)6-7-18-13/h2-5,8,13H,6-7H2,1H3,(H,15,16,17)/t13-/m0/s1. The van der Waals surface area contributed by atoms with Gasteiger partial charge in [-0.15, -0.1) is 0 Å². The predicted octanol–water partition coefficient (Wildman–Crippen LogP) is 2.24. The average molecular weight is 258 g/mol. The van der Waals surface area contributed by atoms with Gasteiger partial charge in [0.15, 0.2) is 11.9 Å². The summed E-state index contributed by atoms with van der Waals surface area (Å²) in [6.07, 6.45) is 0.255. The first-order valence-corrected chi connectivity index (χ1v) is 6.17. The summed E-state index contributed by atoms with van der Waals surface area (Å²) in [6.45, 7) is 2.32. The largest absolute Gasteiger partial charge is 0.363 e. The van der Waals surface area contributed by atoms with Gasteiger partial charge >= 0.3 is 0 Å². The summed E-state index contributed by atoms with van der Waals surface area (Å²) in [5.74, 6) is 0.842. The number of carbonyl (C=O) groups excluding carboxylic acids is 1. The second kappa shape index (κ2) is 4.85. The Kier molecular flexibility index (Phi) is 3.05. The number of ether oxygens (including phenoxy) is 1. The fourth-order valence-corrected chi connectivity index (χ4v) is 2.23. The normalized spacial score (nSPS) is 17.8. The summed E-state index contributed by atoms with van der Waals surface area (Å²) < 4.78 is 10.5. The monoisotopic (exact) mass is 258 g/mol. The van der Waals surface area contributed by atoms with Gasteiger partial charge in [0.25, 0.3) is 5.91 Å². The topological polar surface area (TPSA) is 64.4 Å². The highest BCUT2D eigenvalue weighted by Gasteiger charge is 2.27. The Morgan fingerprint density at radius 3 is 3.05 bits per heavy atom. The molecule has 0 unspecified atom stereocenters. The lowest BCUT2D eigenvalue weighted by Gasteiger charge is -2.24. The van der Waals surface area contributed by atoms with E-state index >= 15 is 0 Å². The number of nitrogens with one attached hydrogen (secondary N) is 1. The highest BCUT2D eigenvalue weighted by Crippen LogP contribution is 2.27. The van der Waals surface area contributed by atoms with Crippen molar-refractivity contribution in [3.8, 4) is 0 Å². The van der Waals surface area contributed by atoms with E-state index in [1.807, 2.05) is 24.3 Å². The smallest absolute Gasteiger partial charge is 0.259 e. The Hall–Kier alpha value is -2.14. The molecule has 2 aromatic rings. The van der Waals surface area contributed by atoms with Crippen LogP contribution >= 0.6 is 0 Å². The second-order valence-electron chi connectivity index (χ2n) is 4.51. The van der Waals surface area contributed by atoms with Crippen molar-refractivity contribution >= 4 is 11.7 Å². The first-order chi connectivity index (χ1) is 9.24. The van der Waals surface area contributed by atoms with Crippen LogP contribution < -0.4 is 5.32 Å². The van der Waals surface area contributed by atoms with Crippen LogP contribution in [0.1, 0.15) is 23.0 Å². The zero-order valence-corrected chi connectivity index (χ0v) is 10.6. The number of carbonyl (C=O) groups is 1. The van der Waals surface area contributed by atoms with Crippen molar-refractivity contribution in [2.45, 2.75) is 19.4 Å². The van der Waals surface area contributed by atoms with Crippen molar-refractivity contribution in [2.75, 3.05) is 11.9 Å². The van der Waals surface area contributed by atoms with Crippen LogP contribution in [0.4, 0.5) is 5.82 Å². The molecule has 2 heterocycles. The fourth-order valence-electron chi connectivity index (χ4n) is 2.23. The maximum atomic E-state index is 12.2. The minimum atomic E-state index is -0.582. The van der Waals surface area contributed by atoms with Gasteiger partial charge < -0.3 is 14.6 Å². The number of hydrogen-bond donors (Lipinski definition) is 1. The number of hydrogen-bond acceptors (Lipinski definition) is 4. The summed E-state index contributed by atoms with van der Waals surface area (Å²) in [5.41, 5.74) is 2.08. The van der Waals surface area contributed by atoms with Crippen LogP contribution in [0.25, 0.3) is 0 Å². The van der Waals surface area contributed by atoms with Gasteiger partial charge in [-0.2, -0.15) is 0 Å². The van der Waals surface area contributed by atoms with Gasteiger partial charge in [0, 0.05) is 6.07 Å². The van der Waals surface area contributed by atoms with Crippen LogP contribution in [0.5, 0.6) is 0 Å². The van der Waals surface area contributed by atoms with E-state index in [0.717, 1.165) is 17.5 Å². The quantitative estimate of drug-likeness (QED) is 0.897. The molecule has 0 spiro atoms. The van der Waals surface area contributed by atoms with Crippen molar-refractivity contribution in [2.24, 2.45) is 0 Å². The summed E-state index contributed by atoms with van der Waals surface area (Å²) >= 11 is 0. The Bertz CT molecular complexity index is 606.